The molecule has 0 bridgehead atoms. The molecule has 7 heteroatoms. The summed E-state index contributed by atoms with van der Waals surface area (Å²) in [6.45, 7) is 4.11. The van der Waals surface area contributed by atoms with E-state index in [0.717, 1.165) is 27.6 Å². The van der Waals surface area contributed by atoms with Crippen LogP contribution in [0.25, 0.3) is 22.0 Å². The molecular weight excluding hydrogens is 356 g/mol. The van der Waals surface area contributed by atoms with Crippen LogP contribution >= 0.6 is 0 Å². The quantitative estimate of drug-likeness (QED) is 0.692. The molecule has 2 heterocycles. The lowest BCUT2D eigenvalue weighted by Crippen LogP contribution is -2.30. The topological polar surface area (TPSA) is 90.4 Å². The number of fused-ring (bicyclic) bond motifs is 2. The number of aromatic nitrogens is 2. The fourth-order valence-electron chi connectivity index (χ4n) is 3.63. The molecule has 142 valence electrons. The highest BCUT2D eigenvalue weighted by Gasteiger charge is 2.33. The fourth-order valence-corrected chi connectivity index (χ4v) is 3.63. The standard InChI is InChI=1S/C21H20N4O3/c1-12(20(22)26)10-25-11-16-15(6-7-18(28-3)19(16)21(25)27)13-4-5-14-9-23-24(2)17(14)8-13/h4-9H,1,10-11H2,2-3H3,(H2,22,26). The van der Waals surface area contributed by atoms with Gasteiger partial charge in [0.15, 0.2) is 0 Å². The minimum Gasteiger partial charge on any atom is -0.496 e. The number of methoxy groups -OCH3 is 1. The van der Waals surface area contributed by atoms with Gasteiger partial charge in [0.1, 0.15) is 5.75 Å². The monoisotopic (exact) mass is 376 g/mol. The molecule has 1 aliphatic rings. The second-order valence-electron chi connectivity index (χ2n) is 6.84. The van der Waals surface area contributed by atoms with Crippen molar-refractivity contribution in [3.05, 3.63) is 59.8 Å². The highest BCUT2D eigenvalue weighted by atomic mass is 16.5. The summed E-state index contributed by atoms with van der Waals surface area (Å²) >= 11 is 0. The van der Waals surface area contributed by atoms with E-state index in [2.05, 4.69) is 17.7 Å². The molecule has 0 atom stereocenters. The Morgan fingerprint density at radius 1 is 1.32 bits per heavy atom. The highest BCUT2D eigenvalue weighted by molar-refractivity contribution is 6.04. The number of carbonyl (C=O) groups excluding carboxylic acids is 2. The Morgan fingerprint density at radius 2 is 2.11 bits per heavy atom. The van der Waals surface area contributed by atoms with Crippen molar-refractivity contribution >= 4 is 22.7 Å². The SMILES string of the molecule is C=C(CN1Cc2c(-c3ccc4cnn(C)c4c3)ccc(OC)c2C1=O)C(N)=O. The van der Waals surface area contributed by atoms with E-state index in [9.17, 15) is 9.59 Å². The lowest BCUT2D eigenvalue weighted by Gasteiger charge is -2.15. The first-order chi connectivity index (χ1) is 13.4. The molecule has 7 nitrogen and oxygen atoms in total. The van der Waals surface area contributed by atoms with Crippen LogP contribution in [0.1, 0.15) is 15.9 Å². The van der Waals surface area contributed by atoms with Gasteiger partial charge in [-0.3, -0.25) is 14.3 Å². The van der Waals surface area contributed by atoms with Gasteiger partial charge in [-0.25, -0.2) is 0 Å². The molecule has 28 heavy (non-hydrogen) atoms. The van der Waals surface area contributed by atoms with Gasteiger partial charge in [0.2, 0.25) is 5.91 Å². The molecule has 0 unspecified atom stereocenters. The van der Waals surface area contributed by atoms with Crippen molar-refractivity contribution in [3.63, 3.8) is 0 Å². The molecule has 1 aromatic heterocycles. The number of carbonyl (C=O) groups is 2. The van der Waals surface area contributed by atoms with Crippen LogP contribution in [0.15, 0.2) is 48.7 Å². The molecule has 3 aromatic rings. The first kappa shape index (κ1) is 17.8. The van der Waals surface area contributed by atoms with Gasteiger partial charge in [-0.2, -0.15) is 5.10 Å². The van der Waals surface area contributed by atoms with E-state index in [1.807, 2.05) is 36.1 Å². The molecule has 0 fully saturated rings. The predicted octanol–water partition coefficient (Wildman–Crippen LogP) is 2.25. The maximum Gasteiger partial charge on any atom is 0.258 e. The summed E-state index contributed by atoms with van der Waals surface area (Å²) in [5.41, 5.74) is 9.80. The minimum atomic E-state index is -0.613. The average molecular weight is 376 g/mol. The molecular formula is C21H20N4O3. The number of primary amides is 1. The summed E-state index contributed by atoms with van der Waals surface area (Å²) in [5, 5.41) is 5.33. The summed E-state index contributed by atoms with van der Waals surface area (Å²) in [4.78, 5) is 25.9. The van der Waals surface area contributed by atoms with Crippen LogP contribution in [0, 0.1) is 0 Å². The van der Waals surface area contributed by atoms with Crippen molar-refractivity contribution in [2.45, 2.75) is 6.54 Å². The second-order valence-corrected chi connectivity index (χ2v) is 6.84. The van der Waals surface area contributed by atoms with E-state index in [-0.39, 0.29) is 18.0 Å². The molecule has 0 aliphatic carbocycles. The molecule has 2 amide bonds. The molecule has 0 saturated heterocycles. The number of hydrogen-bond acceptors (Lipinski definition) is 4. The minimum absolute atomic E-state index is 0.0895. The molecule has 0 radical (unpaired) electrons. The number of nitrogens with zero attached hydrogens (tertiary/aromatic N) is 3. The molecule has 0 saturated carbocycles. The van der Waals surface area contributed by atoms with E-state index in [1.54, 1.807) is 11.0 Å². The zero-order chi connectivity index (χ0) is 20.0. The van der Waals surface area contributed by atoms with Gasteiger partial charge >= 0.3 is 0 Å². The average Bonchev–Trinajstić information content (AvgIpc) is 3.21. The van der Waals surface area contributed by atoms with Crippen LogP contribution in [0.5, 0.6) is 5.75 Å². The van der Waals surface area contributed by atoms with Crippen LogP contribution in [0.3, 0.4) is 0 Å². The van der Waals surface area contributed by atoms with Crippen molar-refractivity contribution in [1.29, 1.82) is 0 Å². The van der Waals surface area contributed by atoms with Gasteiger partial charge < -0.3 is 15.4 Å². The van der Waals surface area contributed by atoms with Crippen molar-refractivity contribution in [2.24, 2.45) is 12.8 Å². The Balaban J connectivity index is 1.82. The summed E-state index contributed by atoms with van der Waals surface area (Å²) in [5.74, 6) is -0.298. The predicted molar refractivity (Wildman–Crippen MR) is 106 cm³/mol. The third-order valence-electron chi connectivity index (χ3n) is 5.13. The van der Waals surface area contributed by atoms with Crippen molar-refractivity contribution in [1.82, 2.24) is 14.7 Å². The van der Waals surface area contributed by atoms with Gasteiger partial charge in [0, 0.05) is 24.6 Å². The summed E-state index contributed by atoms with van der Waals surface area (Å²) < 4.78 is 7.24. The smallest absolute Gasteiger partial charge is 0.258 e. The maximum absolute atomic E-state index is 13.0. The zero-order valence-corrected chi connectivity index (χ0v) is 15.7. The Hall–Kier alpha value is -3.61. The number of rotatable bonds is 5. The number of amides is 2. The molecule has 1 aliphatic heterocycles. The molecule has 4 rings (SSSR count). The van der Waals surface area contributed by atoms with Crippen molar-refractivity contribution < 1.29 is 14.3 Å². The van der Waals surface area contributed by atoms with Gasteiger partial charge in [-0.1, -0.05) is 24.8 Å². The fraction of sp³-hybridized carbons (Fsp3) is 0.190. The summed E-state index contributed by atoms with van der Waals surface area (Å²) in [6.07, 6.45) is 1.82. The zero-order valence-electron chi connectivity index (χ0n) is 15.7. The lowest BCUT2D eigenvalue weighted by atomic mass is 9.95. The van der Waals surface area contributed by atoms with Crippen molar-refractivity contribution in [3.8, 4) is 16.9 Å². The summed E-state index contributed by atoms with van der Waals surface area (Å²) in [6, 6.07) is 9.83. The number of nitrogens with two attached hydrogens (primary N) is 1. The number of benzene rings is 2. The first-order valence-corrected chi connectivity index (χ1v) is 8.79. The molecule has 0 spiro atoms. The van der Waals surface area contributed by atoms with E-state index in [0.29, 0.717) is 17.9 Å². The van der Waals surface area contributed by atoms with E-state index < -0.39 is 5.91 Å². The van der Waals surface area contributed by atoms with E-state index >= 15 is 0 Å². The maximum atomic E-state index is 13.0. The van der Waals surface area contributed by atoms with Gasteiger partial charge in [-0.15, -0.1) is 0 Å². The van der Waals surface area contributed by atoms with Crippen LogP contribution < -0.4 is 10.5 Å². The summed E-state index contributed by atoms with van der Waals surface area (Å²) in [7, 11) is 3.43. The Labute approximate surface area is 162 Å². The highest BCUT2D eigenvalue weighted by Crippen LogP contribution is 2.39. The van der Waals surface area contributed by atoms with Crippen LogP contribution in [-0.2, 0) is 18.4 Å². The van der Waals surface area contributed by atoms with Crippen LogP contribution in [0.2, 0.25) is 0 Å². The Kier molecular flexibility index (Phi) is 4.15. The van der Waals surface area contributed by atoms with Gasteiger partial charge in [-0.05, 0) is 28.8 Å². The third kappa shape index (κ3) is 2.72. The molecule has 2 N–H and O–H groups in total. The van der Waals surface area contributed by atoms with Crippen LogP contribution in [0.4, 0.5) is 0 Å². The van der Waals surface area contributed by atoms with E-state index in [1.165, 1.54) is 7.11 Å². The van der Waals surface area contributed by atoms with E-state index in [4.69, 9.17) is 10.5 Å². The Morgan fingerprint density at radius 3 is 2.82 bits per heavy atom. The normalized spacial score (nSPS) is 13.1. The largest absolute Gasteiger partial charge is 0.496 e. The van der Waals surface area contributed by atoms with Gasteiger partial charge in [0.05, 0.1) is 30.9 Å². The molecule has 2 aromatic carbocycles. The second kappa shape index (κ2) is 6.53. The van der Waals surface area contributed by atoms with Crippen LogP contribution in [-0.4, -0.2) is 40.1 Å². The number of hydrogen-bond donors (Lipinski definition) is 1. The number of aryl methyl sites for hydroxylation is 1. The third-order valence-corrected chi connectivity index (χ3v) is 5.13. The van der Waals surface area contributed by atoms with Crippen molar-refractivity contribution in [2.75, 3.05) is 13.7 Å². The number of ether oxygens (including phenoxy) is 1. The first-order valence-electron chi connectivity index (χ1n) is 8.79. The van der Waals surface area contributed by atoms with Gasteiger partial charge in [0.25, 0.3) is 5.91 Å². The Bertz CT molecular complexity index is 1150. The lowest BCUT2D eigenvalue weighted by molar-refractivity contribution is -0.114.